The molecule has 0 amide bonds. The lowest BCUT2D eigenvalue weighted by molar-refractivity contribution is 0.427. The molecule has 0 unspecified atom stereocenters. The first-order valence-electron chi connectivity index (χ1n) is 6.04. The summed E-state index contributed by atoms with van der Waals surface area (Å²) in [5, 5.41) is 1.80. The lowest BCUT2D eigenvalue weighted by Crippen LogP contribution is -2.31. The molecule has 2 aromatic rings. The van der Waals surface area contributed by atoms with Crippen molar-refractivity contribution in [3.8, 4) is 0 Å². The highest BCUT2D eigenvalue weighted by Crippen LogP contribution is 2.24. The Labute approximate surface area is 126 Å². The molecule has 0 aliphatic heterocycles. The molecule has 0 saturated carbocycles. The van der Waals surface area contributed by atoms with Crippen molar-refractivity contribution in [1.29, 1.82) is 0 Å². The van der Waals surface area contributed by atoms with Gasteiger partial charge in [0.05, 0.1) is 0 Å². The fourth-order valence-electron chi connectivity index (χ4n) is 1.83. The van der Waals surface area contributed by atoms with E-state index in [4.69, 9.17) is 0 Å². The molecule has 1 heterocycles. The second-order valence-electron chi connectivity index (χ2n) is 4.22. The van der Waals surface area contributed by atoms with Gasteiger partial charge in [-0.25, -0.2) is 17.2 Å². The Morgan fingerprint density at radius 2 is 1.86 bits per heavy atom. The van der Waals surface area contributed by atoms with Crippen LogP contribution in [0.4, 0.5) is 8.78 Å². The number of thiophene rings is 1. The van der Waals surface area contributed by atoms with E-state index in [0.29, 0.717) is 0 Å². The Bertz CT molecular complexity index is 707. The zero-order valence-corrected chi connectivity index (χ0v) is 12.6. The molecule has 0 atom stereocenters. The van der Waals surface area contributed by atoms with Crippen LogP contribution < -0.4 is 0 Å². The average Bonchev–Trinajstić information content (AvgIpc) is 2.90. The van der Waals surface area contributed by atoms with Crippen LogP contribution in [0.2, 0.25) is 0 Å². The van der Waals surface area contributed by atoms with Gasteiger partial charge < -0.3 is 0 Å². The zero-order chi connectivity index (χ0) is 15.5. The molecule has 0 bridgehead atoms. The minimum atomic E-state index is -4.28. The van der Waals surface area contributed by atoms with Crippen LogP contribution in [0.25, 0.3) is 0 Å². The molecule has 0 saturated heterocycles. The van der Waals surface area contributed by atoms with Crippen molar-refractivity contribution < 1.29 is 17.2 Å². The highest BCUT2D eigenvalue weighted by molar-refractivity contribution is 7.89. The van der Waals surface area contributed by atoms with E-state index in [1.54, 1.807) is 17.5 Å². The van der Waals surface area contributed by atoms with E-state index in [1.165, 1.54) is 17.4 Å². The molecule has 1 aromatic heterocycles. The van der Waals surface area contributed by atoms with Crippen LogP contribution >= 0.6 is 11.3 Å². The van der Waals surface area contributed by atoms with Gasteiger partial charge in [0.25, 0.3) is 0 Å². The summed E-state index contributed by atoms with van der Waals surface area (Å²) < 4.78 is 53.5. The maximum atomic E-state index is 13.8. The van der Waals surface area contributed by atoms with Crippen molar-refractivity contribution in [2.45, 2.75) is 11.4 Å². The van der Waals surface area contributed by atoms with Gasteiger partial charge in [-0.3, -0.25) is 0 Å². The van der Waals surface area contributed by atoms with Crippen molar-refractivity contribution in [2.75, 3.05) is 6.54 Å². The largest absolute Gasteiger partial charge is 0.249 e. The Kier molecular flexibility index (Phi) is 4.87. The summed E-state index contributed by atoms with van der Waals surface area (Å²) in [6, 6.07) is 6.51. The second kappa shape index (κ2) is 6.46. The molecule has 0 N–H and O–H groups in total. The van der Waals surface area contributed by atoms with Crippen LogP contribution in [0.15, 0.2) is 53.3 Å². The fourth-order valence-corrected chi connectivity index (χ4v) is 4.13. The van der Waals surface area contributed by atoms with Crippen LogP contribution in [-0.2, 0) is 16.6 Å². The number of nitrogens with zero attached hydrogens (tertiary/aromatic N) is 1. The normalized spacial score (nSPS) is 11.8. The van der Waals surface area contributed by atoms with Crippen molar-refractivity contribution in [1.82, 2.24) is 4.31 Å². The van der Waals surface area contributed by atoms with Crippen molar-refractivity contribution >= 4 is 21.4 Å². The molecule has 1 aromatic carbocycles. The number of halogens is 2. The van der Waals surface area contributed by atoms with Crippen molar-refractivity contribution in [3.63, 3.8) is 0 Å². The predicted molar refractivity (Wildman–Crippen MR) is 78.5 cm³/mol. The van der Waals surface area contributed by atoms with E-state index < -0.39 is 26.6 Å². The average molecular weight is 329 g/mol. The first-order chi connectivity index (χ1) is 9.96. The molecule has 0 spiro atoms. The maximum Gasteiger partial charge on any atom is 0.249 e. The predicted octanol–water partition coefficient (Wildman–Crippen LogP) is 3.40. The molecule has 2 rings (SSSR count). The number of benzene rings is 1. The van der Waals surface area contributed by atoms with Crippen LogP contribution in [-0.4, -0.2) is 19.3 Å². The number of sulfonamides is 1. The van der Waals surface area contributed by atoms with Crippen molar-refractivity contribution in [2.24, 2.45) is 0 Å². The Morgan fingerprint density at radius 1 is 1.19 bits per heavy atom. The highest BCUT2D eigenvalue weighted by Gasteiger charge is 2.30. The lowest BCUT2D eigenvalue weighted by atomic mass is 10.3. The Balaban J connectivity index is 2.45. The van der Waals surface area contributed by atoms with Gasteiger partial charge in [-0.1, -0.05) is 18.2 Å². The van der Waals surface area contributed by atoms with Gasteiger partial charge in [-0.15, -0.1) is 17.9 Å². The molecule has 0 aliphatic carbocycles. The van der Waals surface area contributed by atoms with E-state index in [2.05, 4.69) is 6.58 Å². The summed E-state index contributed by atoms with van der Waals surface area (Å²) in [5.74, 6) is -2.20. The van der Waals surface area contributed by atoms with Crippen LogP contribution in [0, 0.1) is 11.6 Å². The molecule has 0 fully saturated rings. The molecular weight excluding hydrogens is 316 g/mol. The van der Waals surface area contributed by atoms with E-state index in [1.807, 2.05) is 0 Å². The summed E-state index contributed by atoms with van der Waals surface area (Å²) in [6.07, 6.45) is 1.38. The number of hydrogen-bond acceptors (Lipinski definition) is 3. The van der Waals surface area contributed by atoms with E-state index in [0.717, 1.165) is 27.4 Å². The van der Waals surface area contributed by atoms with Crippen LogP contribution in [0.3, 0.4) is 0 Å². The van der Waals surface area contributed by atoms with Gasteiger partial charge in [-0.05, 0) is 23.6 Å². The fraction of sp³-hybridized carbons (Fsp3) is 0.143. The number of hydrogen-bond donors (Lipinski definition) is 0. The summed E-state index contributed by atoms with van der Waals surface area (Å²) in [6.45, 7) is 3.50. The third kappa shape index (κ3) is 3.37. The molecule has 0 radical (unpaired) electrons. The van der Waals surface area contributed by atoms with Gasteiger partial charge in [0.1, 0.15) is 11.6 Å². The minimum Gasteiger partial charge on any atom is -0.207 e. The summed E-state index contributed by atoms with van der Waals surface area (Å²) in [7, 11) is -4.28. The summed E-state index contributed by atoms with van der Waals surface area (Å²) >= 11 is 1.37. The highest BCUT2D eigenvalue weighted by atomic mass is 32.2. The van der Waals surface area contributed by atoms with Gasteiger partial charge in [-0.2, -0.15) is 4.31 Å². The second-order valence-corrected chi connectivity index (χ2v) is 7.12. The maximum absolute atomic E-state index is 13.8. The quantitative estimate of drug-likeness (QED) is 0.762. The monoisotopic (exact) mass is 329 g/mol. The van der Waals surface area contributed by atoms with Gasteiger partial charge >= 0.3 is 0 Å². The molecular formula is C14H13F2NO2S2. The topological polar surface area (TPSA) is 37.4 Å². The molecule has 0 aliphatic rings. The van der Waals surface area contributed by atoms with Crippen molar-refractivity contribution in [3.05, 3.63) is 64.9 Å². The Morgan fingerprint density at radius 3 is 2.38 bits per heavy atom. The lowest BCUT2D eigenvalue weighted by Gasteiger charge is -2.20. The first-order valence-corrected chi connectivity index (χ1v) is 8.36. The van der Waals surface area contributed by atoms with Crippen LogP contribution in [0.5, 0.6) is 0 Å². The Hall–Kier alpha value is -1.57. The molecule has 3 nitrogen and oxygen atoms in total. The number of rotatable bonds is 6. The summed E-state index contributed by atoms with van der Waals surface area (Å²) in [4.78, 5) is -0.152. The van der Waals surface area contributed by atoms with E-state index in [-0.39, 0.29) is 13.1 Å². The van der Waals surface area contributed by atoms with Gasteiger partial charge in [0.15, 0.2) is 4.90 Å². The van der Waals surface area contributed by atoms with Gasteiger partial charge in [0.2, 0.25) is 10.0 Å². The van der Waals surface area contributed by atoms with E-state index in [9.17, 15) is 17.2 Å². The van der Waals surface area contributed by atoms with E-state index >= 15 is 0 Å². The SMILES string of the molecule is C=CCN(Cc1cccs1)S(=O)(=O)c1c(F)cccc1F. The third-order valence-corrected chi connectivity index (χ3v) is 5.49. The zero-order valence-electron chi connectivity index (χ0n) is 11.0. The van der Waals surface area contributed by atoms with Crippen LogP contribution in [0.1, 0.15) is 4.88 Å². The summed E-state index contributed by atoms with van der Waals surface area (Å²) in [5.41, 5.74) is 0. The third-order valence-electron chi connectivity index (χ3n) is 2.76. The first kappa shape index (κ1) is 15.8. The standard InChI is InChI=1S/C14H13F2NO2S2/c1-2-8-17(10-11-5-4-9-20-11)21(18,19)14-12(15)6-3-7-13(14)16/h2-7,9H,1,8,10H2. The molecule has 7 heteroatoms. The van der Waals surface area contributed by atoms with Gasteiger partial charge in [0, 0.05) is 18.0 Å². The molecule has 21 heavy (non-hydrogen) atoms. The minimum absolute atomic E-state index is 0.0337. The smallest absolute Gasteiger partial charge is 0.207 e. The molecule has 112 valence electrons.